The van der Waals surface area contributed by atoms with Crippen molar-refractivity contribution in [3.05, 3.63) is 0 Å². The third kappa shape index (κ3) is 48900. The summed E-state index contributed by atoms with van der Waals surface area (Å²) in [5.74, 6) is 0. The first-order valence-electron chi connectivity index (χ1n) is 2.35. The third-order valence-electron chi connectivity index (χ3n) is 0. The van der Waals surface area contributed by atoms with Crippen LogP contribution in [0.3, 0.4) is 0 Å². The van der Waals surface area contributed by atoms with Crippen molar-refractivity contribution in [2.45, 2.75) is 7.43 Å². The van der Waals surface area contributed by atoms with Crippen LogP contribution in [0, 0.1) is 0 Å². The minimum Gasteiger partial charge on any atom is -0.303 e. The second-order valence-electron chi connectivity index (χ2n) is 1.54. The summed E-state index contributed by atoms with van der Waals surface area (Å²) in [5.41, 5.74) is 0. The lowest BCUT2D eigenvalue weighted by Gasteiger charge is -1.82. The van der Waals surface area contributed by atoms with Crippen molar-refractivity contribution < 1.29 is 62.4 Å². The summed E-state index contributed by atoms with van der Waals surface area (Å²) >= 11 is 0. The van der Waals surface area contributed by atoms with E-state index in [0.717, 1.165) is 0 Å². The molecule has 0 aliphatic heterocycles. The highest BCUT2D eigenvalue weighted by molar-refractivity contribution is 7.45. The van der Waals surface area contributed by atoms with Gasteiger partial charge in [0.25, 0.3) is 0 Å². The van der Waals surface area contributed by atoms with Crippen LogP contribution < -0.4 is 0 Å². The summed E-state index contributed by atoms with van der Waals surface area (Å²) in [4.78, 5) is 64.7. The molecule has 0 aliphatic carbocycles. The molecule has 112 valence electrons. The number of hydrogen-bond acceptors (Lipinski definition) is 3. The quantitative estimate of drug-likeness (QED) is 0.219. The van der Waals surface area contributed by atoms with Crippen LogP contribution in [0.1, 0.15) is 7.43 Å². The molecule has 0 aromatic heterocycles. The van der Waals surface area contributed by atoms with Gasteiger partial charge in [-0.25, -0.2) is 13.7 Å². The van der Waals surface area contributed by atoms with Gasteiger partial charge in [0.1, 0.15) is 0 Å². The highest BCUT2D eigenvalue weighted by atomic mass is 31.2. The fourth-order valence-electron chi connectivity index (χ4n) is 0. The van der Waals surface area contributed by atoms with E-state index in [2.05, 4.69) is 0 Å². The van der Waals surface area contributed by atoms with E-state index in [1.807, 2.05) is 0 Å². The molecular weight excluding hydrogens is 316 g/mol. The Labute approximate surface area is 94.3 Å². The number of hydrogen-bond donors (Lipinski definition) is 9. The van der Waals surface area contributed by atoms with E-state index in [1.165, 1.54) is 0 Å². The molecule has 0 amide bonds. The first-order valence-corrected chi connectivity index (χ1v) is 7.04. The van der Waals surface area contributed by atoms with Gasteiger partial charge >= 0.3 is 23.5 Å². The lowest BCUT2D eigenvalue weighted by molar-refractivity contribution is 0.272. The van der Waals surface area contributed by atoms with Crippen molar-refractivity contribution in [2.24, 2.45) is 0 Å². The molecular formula is CH14FO12P3. The normalized spacial score (nSPS) is 10.4. The van der Waals surface area contributed by atoms with Crippen molar-refractivity contribution in [3.8, 4) is 0 Å². The molecule has 0 bridgehead atoms. The Hall–Kier alpha value is 0.260. The molecule has 0 aromatic carbocycles. The van der Waals surface area contributed by atoms with E-state index in [1.54, 1.807) is 0 Å². The Bertz CT molecular complexity index is 208. The molecule has 0 atom stereocenters. The SMILES string of the molecule is C.F.O=P(O)(O)O.O=P(O)(O)O.O=P(O)(O)O. The maximum absolute atomic E-state index is 8.88. The minimum atomic E-state index is -4.64. The molecule has 0 aliphatic rings. The van der Waals surface area contributed by atoms with Crippen LogP contribution in [0.2, 0.25) is 0 Å². The first-order chi connectivity index (χ1) is 6.00. The van der Waals surface area contributed by atoms with E-state index >= 15 is 0 Å². The Kier molecular flexibility index (Phi) is 20.3. The average Bonchev–Trinajstić information content (AvgIpc) is 1.41. The van der Waals surface area contributed by atoms with Crippen LogP contribution in [0.25, 0.3) is 0 Å². The van der Waals surface area contributed by atoms with Crippen molar-refractivity contribution in [2.75, 3.05) is 0 Å². The maximum Gasteiger partial charge on any atom is 0.466 e. The van der Waals surface area contributed by atoms with Gasteiger partial charge < -0.3 is 44.0 Å². The molecule has 0 aromatic rings. The topological polar surface area (TPSA) is 233 Å². The molecule has 17 heavy (non-hydrogen) atoms. The van der Waals surface area contributed by atoms with Crippen molar-refractivity contribution in [1.82, 2.24) is 0 Å². The molecule has 0 saturated carbocycles. The Morgan fingerprint density at radius 1 is 0.471 bits per heavy atom. The number of halogens is 1. The number of rotatable bonds is 0. The molecule has 0 rings (SSSR count). The van der Waals surface area contributed by atoms with Gasteiger partial charge in [0.15, 0.2) is 0 Å². The van der Waals surface area contributed by atoms with Crippen molar-refractivity contribution in [3.63, 3.8) is 0 Å². The molecule has 0 heterocycles. The van der Waals surface area contributed by atoms with Crippen molar-refractivity contribution >= 4 is 23.5 Å². The third-order valence-corrected chi connectivity index (χ3v) is 0. The van der Waals surface area contributed by atoms with Gasteiger partial charge in [-0.05, 0) is 0 Å². The summed E-state index contributed by atoms with van der Waals surface area (Å²) in [6.45, 7) is 0. The van der Waals surface area contributed by atoms with E-state index < -0.39 is 23.5 Å². The van der Waals surface area contributed by atoms with Crippen LogP contribution in [0.5, 0.6) is 0 Å². The van der Waals surface area contributed by atoms with E-state index in [4.69, 9.17) is 57.7 Å². The van der Waals surface area contributed by atoms with E-state index in [-0.39, 0.29) is 12.1 Å². The smallest absolute Gasteiger partial charge is 0.303 e. The van der Waals surface area contributed by atoms with Gasteiger partial charge in [-0.2, -0.15) is 0 Å². The van der Waals surface area contributed by atoms with Gasteiger partial charge in [-0.1, -0.05) is 7.43 Å². The average molecular weight is 330 g/mol. The molecule has 0 unspecified atom stereocenters. The summed E-state index contributed by atoms with van der Waals surface area (Å²) in [5, 5.41) is 0. The highest BCUT2D eigenvalue weighted by Crippen LogP contribution is 2.26. The van der Waals surface area contributed by atoms with Crippen LogP contribution >= 0.6 is 23.5 Å². The molecule has 9 N–H and O–H groups in total. The monoisotopic (exact) mass is 330 g/mol. The molecule has 0 saturated heterocycles. The van der Waals surface area contributed by atoms with Gasteiger partial charge in [0.05, 0.1) is 0 Å². The first kappa shape index (κ1) is 30.4. The fraction of sp³-hybridized carbons (Fsp3) is 1.00. The second kappa shape index (κ2) is 11.4. The Morgan fingerprint density at radius 2 is 0.471 bits per heavy atom. The van der Waals surface area contributed by atoms with Crippen LogP contribution in [0.4, 0.5) is 4.70 Å². The largest absolute Gasteiger partial charge is 0.466 e. The predicted octanol–water partition coefficient (Wildman–Crippen LogP) is -2.00. The second-order valence-corrected chi connectivity index (χ2v) is 4.62. The summed E-state index contributed by atoms with van der Waals surface area (Å²) in [6, 6.07) is 0. The Morgan fingerprint density at radius 3 is 0.471 bits per heavy atom. The molecule has 12 nitrogen and oxygen atoms in total. The lowest BCUT2D eigenvalue weighted by Crippen LogP contribution is -1.66. The van der Waals surface area contributed by atoms with Crippen LogP contribution in [0.15, 0.2) is 0 Å². The van der Waals surface area contributed by atoms with Crippen LogP contribution in [-0.2, 0) is 13.7 Å². The highest BCUT2D eigenvalue weighted by Gasteiger charge is 2.01. The van der Waals surface area contributed by atoms with Gasteiger partial charge in [0.2, 0.25) is 0 Å². The van der Waals surface area contributed by atoms with Crippen LogP contribution in [-0.4, -0.2) is 44.0 Å². The minimum absolute atomic E-state index is 0. The van der Waals surface area contributed by atoms with E-state index in [9.17, 15) is 0 Å². The number of phosphoric acid groups is 3. The summed E-state index contributed by atoms with van der Waals surface area (Å²) < 4.78 is 26.6. The van der Waals surface area contributed by atoms with Gasteiger partial charge in [0, 0.05) is 0 Å². The maximum atomic E-state index is 8.88. The lowest BCUT2D eigenvalue weighted by atomic mass is 12.0. The zero-order valence-electron chi connectivity index (χ0n) is 7.00. The fourth-order valence-corrected chi connectivity index (χ4v) is 0. The zero-order chi connectivity index (χ0) is 13.5. The van der Waals surface area contributed by atoms with E-state index in [0.29, 0.717) is 0 Å². The molecule has 16 heteroatoms. The molecule has 0 radical (unpaired) electrons. The summed E-state index contributed by atoms with van der Waals surface area (Å²) in [7, 11) is -13.9. The van der Waals surface area contributed by atoms with Gasteiger partial charge in [-0.15, -0.1) is 0 Å². The predicted molar refractivity (Wildman–Crippen MR) is 52.0 cm³/mol. The molecule has 0 spiro atoms. The van der Waals surface area contributed by atoms with Crippen molar-refractivity contribution in [1.29, 1.82) is 0 Å². The zero-order valence-corrected chi connectivity index (χ0v) is 9.68. The summed E-state index contributed by atoms with van der Waals surface area (Å²) in [6.07, 6.45) is 0. The Balaban J connectivity index is -0.0000000400. The van der Waals surface area contributed by atoms with Gasteiger partial charge in [-0.3, -0.25) is 4.70 Å². The standard InChI is InChI=1S/CH4.FH.3H3O4P/c;;3*1-5(2,3)4/h1H4;1H;3*(H3,1,2,3,4). The molecule has 0 fully saturated rings.